The van der Waals surface area contributed by atoms with Crippen LogP contribution in [0.2, 0.25) is 0 Å². The van der Waals surface area contributed by atoms with Gasteiger partial charge < -0.3 is 10.6 Å². The lowest BCUT2D eigenvalue weighted by Crippen LogP contribution is -2.41. The molecule has 2 N–H and O–H groups in total. The lowest BCUT2D eigenvalue weighted by molar-refractivity contribution is -0.116. The van der Waals surface area contributed by atoms with Crippen LogP contribution in [0.25, 0.3) is 10.9 Å². The number of carbonyl (C=O) groups excluding carboxylic acids is 2. The number of anilines is 1. The van der Waals surface area contributed by atoms with E-state index in [0.717, 1.165) is 4.47 Å². The highest BCUT2D eigenvalue weighted by atomic mass is 79.9. The molecule has 0 aliphatic rings. The molecule has 0 unspecified atom stereocenters. The first-order valence-corrected chi connectivity index (χ1v) is 9.79. The molecule has 0 spiro atoms. The first-order chi connectivity index (χ1) is 13.6. The molecule has 2 aromatic carbocycles. The Labute approximate surface area is 176 Å². The van der Waals surface area contributed by atoms with Gasteiger partial charge in [0, 0.05) is 10.0 Å². The van der Waals surface area contributed by atoms with Crippen LogP contribution in [0.15, 0.2) is 58.1 Å². The number of halogens is 1. The van der Waals surface area contributed by atoms with Gasteiger partial charge in [-0.15, -0.1) is 0 Å². The molecule has 0 atom stereocenters. The van der Waals surface area contributed by atoms with Gasteiger partial charge in [0.15, 0.2) is 0 Å². The highest BCUT2D eigenvalue weighted by molar-refractivity contribution is 9.10. The third-order valence-electron chi connectivity index (χ3n) is 4.03. The van der Waals surface area contributed by atoms with Gasteiger partial charge in [-0.3, -0.25) is 19.0 Å². The molecule has 8 heteroatoms. The average molecular weight is 457 g/mol. The highest BCUT2D eigenvalue weighted by Gasteiger charge is 2.19. The fourth-order valence-electron chi connectivity index (χ4n) is 2.79. The van der Waals surface area contributed by atoms with Gasteiger partial charge in [-0.2, -0.15) is 0 Å². The van der Waals surface area contributed by atoms with E-state index in [1.54, 1.807) is 42.5 Å². The third kappa shape index (κ3) is 5.08. The van der Waals surface area contributed by atoms with Crippen molar-refractivity contribution in [2.75, 3.05) is 5.32 Å². The fraction of sp³-hybridized carbons (Fsp3) is 0.238. The number of nitrogens with zero attached hydrogens (tertiary/aromatic N) is 2. The molecule has 0 bridgehead atoms. The number of amides is 2. The van der Waals surface area contributed by atoms with Crippen molar-refractivity contribution in [3.05, 3.63) is 69.2 Å². The first-order valence-electron chi connectivity index (χ1n) is 9.00. The van der Waals surface area contributed by atoms with E-state index >= 15 is 0 Å². The monoisotopic (exact) mass is 456 g/mol. The zero-order valence-corrected chi connectivity index (χ0v) is 17.9. The molecule has 0 fully saturated rings. The van der Waals surface area contributed by atoms with Crippen LogP contribution in [-0.4, -0.2) is 26.9 Å². The summed E-state index contributed by atoms with van der Waals surface area (Å²) < 4.78 is 1.99. The summed E-state index contributed by atoms with van der Waals surface area (Å²) in [7, 11) is 0. The standard InChI is InChI=1S/C21H21BrN4O3/c1-21(2,3)25-19(28)14-6-4-5-7-17(14)24-18(27)11-26-12-23-16-9-8-13(22)10-15(16)20(26)29/h4-10,12H,11H2,1-3H3,(H,24,27)(H,25,28). The third-order valence-corrected chi connectivity index (χ3v) is 4.53. The molecule has 1 heterocycles. The Morgan fingerprint density at radius 1 is 1.14 bits per heavy atom. The fourth-order valence-corrected chi connectivity index (χ4v) is 3.15. The van der Waals surface area contributed by atoms with Crippen LogP contribution in [0.3, 0.4) is 0 Å². The molecule has 3 aromatic rings. The number of rotatable bonds is 4. The average Bonchev–Trinajstić information content (AvgIpc) is 2.63. The summed E-state index contributed by atoms with van der Waals surface area (Å²) in [5.41, 5.74) is 0.559. The Hall–Kier alpha value is -3.00. The van der Waals surface area contributed by atoms with Crippen LogP contribution in [-0.2, 0) is 11.3 Å². The van der Waals surface area contributed by atoms with Gasteiger partial charge in [-0.05, 0) is 51.1 Å². The molecule has 3 rings (SSSR count). The number of para-hydroxylation sites is 1. The summed E-state index contributed by atoms with van der Waals surface area (Å²) >= 11 is 3.34. The normalized spacial score (nSPS) is 11.3. The molecule has 0 saturated heterocycles. The van der Waals surface area contributed by atoms with Crippen molar-refractivity contribution in [3.63, 3.8) is 0 Å². The summed E-state index contributed by atoms with van der Waals surface area (Å²) in [6.07, 6.45) is 1.34. The van der Waals surface area contributed by atoms with Gasteiger partial charge in [0.05, 0.1) is 28.5 Å². The predicted molar refractivity (Wildman–Crippen MR) is 116 cm³/mol. The van der Waals surface area contributed by atoms with Crippen molar-refractivity contribution < 1.29 is 9.59 Å². The van der Waals surface area contributed by atoms with Crippen LogP contribution < -0.4 is 16.2 Å². The SMILES string of the molecule is CC(C)(C)NC(=O)c1ccccc1NC(=O)Cn1cnc2ccc(Br)cc2c1=O. The van der Waals surface area contributed by atoms with Crippen molar-refractivity contribution >= 4 is 44.3 Å². The number of nitrogens with one attached hydrogen (secondary N) is 2. The van der Waals surface area contributed by atoms with Crippen molar-refractivity contribution in [1.82, 2.24) is 14.9 Å². The van der Waals surface area contributed by atoms with Crippen LogP contribution in [0, 0.1) is 0 Å². The Morgan fingerprint density at radius 2 is 1.86 bits per heavy atom. The summed E-state index contributed by atoms with van der Waals surface area (Å²) in [6.45, 7) is 5.42. The molecule has 0 aliphatic carbocycles. The molecule has 150 valence electrons. The maximum Gasteiger partial charge on any atom is 0.261 e. The Bertz CT molecular complexity index is 1150. The van der Waals surface area contributed by atoms with E-state index in [-0.39, 0.29) is 18.0 Å². The summed E-state index contributed by atoms with van der Waals surface area (Å²) in [5, 5.41) is 6.01. The number of carbonyl (C=O) groups is 2. The molecule has 0 aliphatic heterocycles. The minimum Gasteiger partial charge on any atom is -0.347 e. The largest absolute Gasteiger partial charge is 0.347 e. The van der Waals surface area contributed by atoms with Crippen LogP contribution in [0.5, 0.6) is 0 Å². The molecule has 2 amide bonds. The number of aromatic nitrogens is 2. The van der Waals surface area contributed by atoms with Gasteiger partial charge in [0.1, 0.15) is 6.54 Å². The van der Waals surface area contributed by atoms with Gasteiger partial charge in [0.2, 0.25) is 5.91 Å². The van der Waals surface area contributed by atoms with E-state index in [0.29, 0.717) is 22.2 Å². The van der Waals surface area contributed by atoms with E-state index in [2.05, 4.69) is 31.5 Å². The minimum atomic E-state index is -0.431. The van der Waals surface area contributed by atoms with E-state index in [9.17, 15) is 14.4 Å². The number of fused-ring (bicyclic) bond motifs is 1. The van der Waals surface area contributed by atoms with E-state index in [1.807, 2.05) is 20.8 Å². The molecule has 7 nitrogen and oxygen atoms in total. The lowest BCUT2D eigenvalue weighted by Gasteiger charge is -2.21. The maximum absolute atomic E-state index is 12.7. The topological polar surface area (TPSA) is 93.1 Å². The van der Waals surface area contributed by atoms with E-state index in [4.69, 9.17) is 0 Å². The zero-order chi connectivity index (χ0) is 21.2. The van der Waals surface area contributed by atoms with Crippen molar-refractivity contribution in [2.24, 2.45) is 0 Å². The first kappa shape index (κ1) is 20.7. The summed E-state index contributed by atoms with van der Waals surface area (Å²) in [6, 6.07) is 11.9. The van der Waals surface area contributed by atoms with Crippen molar-refractivity contribution in [1.29, 1.82) is 0 Å². The van der Waals surface area contributed by atoms with Crippen molar-refractivity contribution in [3.8, 4) is 0 Å². The van der Waals surface area contributed by atoms with Crippen molar-refractivity contribution in [2.45, 2.75) is 32.9 Å². The molecular formula is C21H21BrN4O3. The van der Waals surface area contributed by atoms with Gasteiger partial charge in [0.25, 0.3) is 11.5 Å². The molecular weight excluding hydrogens is 436 g/mol. The number of hydrogen-bond donors (Lipinski definition) is 2. The quantitative estimate of drug-likeness (QED) is 0.629. The maximum atomic E-state index is 12.7. The summed E-state index contributed by atoms with van der Waals surface area (Å²) in [5.74, 6) is -0.720. The lowest BCUT2D eigenvalue weighted by atomic mass is 10.1. The second-order valence-electron chi connectivity index (χ2n) is 7.64. The van der Waals surface area contributed by atoms with E-state index < -0.39 is 11.4 Å². The number of hydrogen-bond acceptors (Lipinski definition) is 4. The smallest absolute Gasteiger partial charge is 0.261 e. The number of benzene rings is 2. The second kappa shape index (κ2) is 8.16. The Kier molecular flexibility index (Phi) is 5.83. The van der Waals surface area contributed by atoms with Gasteiger partial charge >= 0.3 is 0 Å². The molecule has 0 radical (unpaired) electrons. The van der Waals surface area contributed by atoms with Crippen LogP contribution in [0.1, 0.15) is 31.1 Å². The Balaban J connectivity index is 1.82. The Morgan fingerprint density at radius 3 is 2.59 bits per heavy atom. The minimum absolute atomic E-state index is 0.219. The second-order valence-corrected chi connectivity index (χ2v) is 8.55. The van der Waals surface area contributed by atoms with Crippen LogP contribution >= 0.6 is 15.9 Å². The van der Waals surface area contributed by atoms with Gasteiger partial charge in [-0.25, -0.2) is 4.98 Å². The van der Waals surface area contributed by atoms with Gasteiger partial charge in [-0.1, -0.05) is 28.1 Å². The molecule has 29 heavy (non-hydrogen) atoms. The highest BCUT2D eigenvalue weighted by Crippen LogP contribution is 2.17. The summed E-state index contributed by atoms with van der Waals surface area (Å²) in [4.78, 5) is 42.0. The zero-order valence-electron chi connectivity index (χ0n) is 16.3. The molecule has 0 saturated carbocycles. The van der Waals surface area contributed by atoms with Crippen LogP contribution in [0.4, 0.5) is 5.69 Å². The van der Waals surface area contributed by atoms with E-state index in [1.165, 1.54) is 10.9 Å². The molecule has 1 aromatic heterocycles. The predicted octanol–water partition coefficient (Wildman–Crippen LogP) is 3.33.